The molecule has 0 atom stereocenters. The molecule has 0 amide bonds. The molecule has 0 saturated carbocycles. The Labute approximate surface area is 67.1 Å². The molecule has 1 aromatic carbocycles. The summed E-state index contributed by atoms with van der Waals surface area (Å²) in [4.78, 5) is 10.9. The molecule has 1 radical (unpaired) electrons. The van der Waals surface area contributed by atoms with Crippen molar-refractivity contribution in [1.82, 2.24) is 0 Å². The molecule has 0 unspecified atom stereocenters. The van der Waals surface area contributed by atoms with Gasteiger partial charge in [0, 0.05) is 12.8 Å². The van der Waals surface area contributed by atoms with E-state index in [1.165, 1.54) is 0 Å². The average molecular weight is 147 g/mol. The van der Waals surface area contributed by atoms with Gasteiger partial charge in [-0.05, 0) is 12.5 Å². The van der Waals surface area contributed by atoms with Gasteiger partial charge >= 0.3 is 0 Å². The number of rotatable bonds is 3. The van der Waals surface area contributed by atoms with Crippen LogP contribution in [0.15, 0.2) is 30.3 Å². The van der Waals surface area contributed by atoms with Crippen LogP contribution in [-0.4, -0.2) is 5.78 Å². The van der Waals surface area contributed by atoms with Crippen LogP contribution in [0.2, 0.25) is 0 Å². The van der Waals surface area contributed by atoms with E-state index in [0.29, 0.717) is 12.8 Å². The van der Waals surface area contributed by atoms with Crippen LogP contribution in [0.3, 0.4) is 0 Å². The molecular weight excluding hydrogens is 136 g/mol. The van der Waals surface area contributed by atoms with E-state index < -0.39 is 0 Å². The molecular formula is C10H11O. The van der Waals surface area contributed by atoms with Crippen molar-refractivity contribution in [2.75, 3.05) is 0 Å². The second-order valence-corrected chi connectivity index (χ2v) is 2.45. The molecule has 0 spiro atoms. The number of hydrogen-bond acceptors (Lipinski definition) is 1. The van der Waals surface area contributed by atoms with E-state index in [1.807, 2.05) is 30.3 Å². The van der Waals surface area contributed by atoms with Gasteiger partial charge in [-0.25, -0.2) is 0 Å². The molecule has 0 saturated heterocycles. The molecule has 1 nitrogen and oxygen atoms in total. The summed E-state index contributed by atoms with van der Waals surface area (Å²) >= 11 is 0. The van der Waals surface area contributed by atoms with Crippen LogP contribution in [0.5, 0.6) is 0 Å². The van der Waals surface area contributed by atoms with Crippen LogP contribution >= 0.6 is 0 Å². The highest BCUT2D eigenvalue weighted by Crippen LogP contribution is 2.00. The number of carbonyl (C=O) groups is 1. The zero-order valence-corrected chi connectivity index (χ0v) is 6.42. The molecule has 0 aliphatic rings. The SMILES string of the molecule is [CH2]CC(=O)Cc1ccccc1. The standard InChI is InChI=1S/C10H11O/c1-2-10(11)8-9-6-4-3-5-7-9/h3-7H,1-2,8H2. The fourth-order valence-corrected chi connectivity index (χ4v) is 0.912. The first-order valence-electron chi connectivity index (χ1n) is 3.68. The summed E-state index contributed by atoms with van der Waals surface area (Å²) in [6.07, 6.45) is 0.902. The highest BCUT2D eigenvalue weighted by molar-refractivity contribution is 5.81. The van der Waals surface area contributed by atoms with Crippen molar-refractivity contribution in [1.29, 1.82) is 0 Å². The van der Waals surface area contributed by atoms with E-state index in [2.05, 4.69) is 6.92 Å². The molecule has 0 heterocycles. The lowest BCUT2D eigenvalue weighted by molar-refractivity contribution is -0.117. The summed E-state index contributed by atoms with van der Waals surface area (Å²) < 4.78 is 0. The maximum atomic E-state index is 10.9. The first-order valence-corrected chi connectivity index (χ1v) is 3.68. The molecule has 0 fully saturated rings. The molecule has 0 aliphatic carbocycles. The van der Waals surface area contributed by atoms with Crippen LogP contribution in [-0.2, 0) is 11.2 Å². The van der Waals surface area contributed by atoms with Gasteiger partial charge in [0.1, 0.15) is 5.78 Å². The van der Waals surface area contributed by atoms with Crippen molar-refractivity contribution in [2.45, 2.75) is 12.8 Å². The van der Waals surface area contributed by atoms with E-state index in [-0.39, 0.29) is 5.78 Å². The number of hydrogen-bond donors (Lipinski definition) is 0. The molecule has 1 heteroatoms. The molecule has 0 aliphatic heterocycles. The van der Waals surface area contributed by atoms with Gasteiger partial charge in [-0.1, -0.05) is 30.3 Å². The third kappa shape index (κ3) is 2.54. The minimum atomic E-state index is 0.191. The fraction of sp³-hybridized carbons (Fsp3) is 0.200. The fourth-order valence-electron chi connectivity index (χ4n) is 0.912. The maximum absolute atomic E-state index is 10.9. The Bertz CT molecular complexity index is 226. The summed E-state index contributed by atoms with van der Waals surface area (Å²) in [6, 6.07) is 9.72. The zero-order valence-electron chi connectivity index (χ0n) is 6.42. The Balaban J connectivity index is 2.58. The first kappa shape index (κ1) is 7.99. The van der Waals surface area contributed by atoms with Gasteiger partial charge in [0.25, 0.3) is 0 Å². The number of benzene rings is 1. The smallest absolute Gasteiger partial charge is 0.137 e. The highest BCUT2D eigenvalue weighted by Gasteiger charge is 1.98. The van der Waals surface area contributed by atoms with E-state index in [4.69, 9.17) is 0 Å². The molecule has 0 aromatic heterocycles. The van der Waals surface area contributed by atoms with Crippen molar-refractivity contribution in [2.24, 2.45) is 0 Å². The summed E-state index contributed by atoms with van der Waals surface area (Å²) in [5.74, 6) is 0.191. The Morgan fingerprint density at radius 1 is 1.27 bits per heavy atom. The van der Waals surface area contributed by atoms with Crippen molar-refractivity contribution >= 4 is 5.78 Å². The molecule has 0 bridgehead atoms. The monoisotopic (exact) mass is 147 g/mol. The second kappa shape index (κ2) is 3.91. The van der Waals surface area contributed by atoms with Crippen molar-refractivity contribution in [3.8, 4) is 0 Å². The first-order chi connectivity index (χ1) is 5.33. The lowest BCUT2D eigenvalue weighted by Crippen LogP contribution is -1.99. The highest BCUT2D eigenvalue weighted by atomic mass is 16.1. The zero-order chi connectivity index (χ0) is 8.10. The predicted octanol–water partition coefficient (Wildman–Crippen LogP) is 2.02. The third-order valence-electron chi connectivity index (χ3n) is 1.52. The molecule has 1 aromatic rings. The molecule has 0 N–H and O–H groups in total. The van der Waals surface area contributed by atoms with Gasteiger partial charge in [0.05, 0.1) is 0 Å². The minimum Gasteiger partial charge on any atom is -0.299 e. The Morgan fingerprint density at radius 3 is 2.45 bits per heavy atom. The maximum Gasteiger partial charge on any atom is 0.137 e. The predicted molar refractivity (Wildman–Crippen MR) is 45.1 cm³/mol. The summed E-state index contributed by atoms with van der Waals surface area (Å²) in [7, 11) is 0. The van der Waals surface area contributed by atoms with Crippen LogP contribution in [0.1, 0.15) is 12.0 Å². The van der Waals surface area contributed by atoms with Crippen LogP contribution < -0.4 is 0 Å². The quantitative estimate of drug-likeness (QED) is 0.639. The minimum absolute atomic E-state index is 0.191. The number of carbonyl (C=O) groups excluding carboxylic acids is 1. The van der Waals surface area contributed by atoms with Gasteiger partial charge in [-0.3, -0.25) is 4.79 Å². The summed E-state index contributed by atoms with van der Waals surface area (Å²) in [5, 5.41) is 0. The van der Waals surface area contributed by atoms with E-state index in [0.717, 1.165) is 5.56 Å². The van der Waals surface area contributed by atoms with Crippen LogP contribution in [0.25, 0.3) is 0 Å². The van der Waals surface area contributed by atoms with Gasteiger partial charge < -0.3 is 0 Å². The van der Waals surface area contributed by atoms with E-state index >= 15 is 0 Å². The molecule has 57 valence electrons. The lowest BCUT2D eigenvalue weighted by atomic mass is 10.1. The van der Waals surface area contributed by atoms with Gasteiger partial charge in [0.2, 0.25) is 0 Å². The second-order valence-electron chi connectivity index (χ2n) is 2.45. The normalized spacial score (nSPS) is 9.55. The average Bonchev–Trinajstić information content (AvgIpc) is 2.06. The van der Waals surface area contributed by atoms with E-state index in [9.17, 15) is 4.79 Å². The Hall–Kier alpha value is -1.11. The van der Waals surface area contributed by atoms with Crippen LogP contribution in [0.4, 0.5) is 0 Å². The topological polar surface area (TPSA) is 17.1 Å². The van der Waals surface area contributed by atoms with E-state index in [1.54, 1.807) is 0 Å². The molecule has 1 rings (SSSR count). The lowest BCUT2D eigenvalue weighted by Gasteiger charge is -1.96. The Morgan fingerprint density at radius 2 is 1.91 bits per heavy atom. The van der Waals surface area contributed by atoms with Crippen LogP contribution in [0, 0.1) is 6.92 Å². The summed E-state index contributed by atoms with van der Waals surface area (Å²) in [6.45, 7) is 3.53. The largest absolute Gasteiger partial charge is 0.299 e. The third-order valence-corrected chi connectivity index (χ3v) is 1.52. The van der Waals surface area contributed by atoms with Crippen molar-refractivity contribution < 1.29 is 4.79 Å². The summed E-state index contributed by atoms with van der Waals surface area (Å²) in [5.41, 5.74) is 1.07. The molecule has 11 heavy (non-hydrogen) atoms. The van der Waals surface area contributed by atoms with Crippen molar-refractivity contribution in [3.05, 3.63) is 42.8 Å². The van der Waals surface area contributed by atoms with Crippen molar-refractivity contribution in [3.63, 3.8) is 0 Å². The van der Waals surface area contributed by atoms with Gasteiger partial charge in [-0.15, -0.1) is 0 Å². The number of Topliss-reactive ketones (excluding diaryl/α,β-unsaturated/α-hetero) is 1. The van der Waals surface area contributed by atoms with Gasteiger partial charge in [0.15, 0.2) is 0 Å². The van der Waals surface area contributed by atoms with Gasteiger partial charge in [-0.2, -0.15) is 0 Å². The Kier molecular flexibility index (Phi) is 2.84. The number of ketones is 1.